The molecule has 0 radical (unpaired) electrons. The normalized spacial score (nSPS) is 10.4. The first-order valence-corrected chi connectivity index (χ1v) is 6.80. The molecule has 0 N–H and O–H groups in total. The monoisotopic (exact) mass is 302 g/mol. The molecule has 0 unspecified atom stereocenters. The van der Waals surface area contributed by atoms with Crippen molar-refractivity contribution in [1.82, 2.24) is 0 Å². The maximum atomic E-state index is 12.3. The van der Waals surface area contributed by atoms with Crippen LogP contribution in [-0.4, -0.2) is 5.78 Å². The number of hydrogen-bond donors (Lipinski definition) is 0. The second kappa shape index (κ2) is 5.49. The van der Waals surface area contributed by atoms with E-state index in [2.05, 4.69) is 22.9 Å². The average Bonchev–Trinajstić information content (AvgIpc) is 2.37. The number of ketones is 1. The molecule has 0 saturated heterocycles. The van der Waals surface area contributed by atoms with E-state index in [1.165, 1.54) is 5.56 Å². The van der Waals surface area contributed by atoms with E-state index in [9.17, 15) is 4.79 Å². The van der Waals surface area contributed by atoms with Gasteiger partial charge in [-0.25, -0.2) is 0 Å². The summed E-state index contributed by atoms with van der Waals surface area (Å²) in [6, 6.07) is 13.6. The Bertz CT molecular complexity index is 550. The predicted octanol–water partition coefficient (Wildman–Crippen LogP) is 4.55. The first-order chi connectivity index (χ1) is 8.60. The minimum absolute atomic E-state index is 0.0713. The molecular formula is C16H15BrO. The number of carbonyl (C=O) groups excluding carboxylic acids is 1. The van der Waals surface area contributed by atoms with Crippen molar-refractivity contribution < 1.29 is 4.79 Å². The van der Waals surface area contributed by atoms with Crippen molar-refractivity contribution in [2.45, 2.75) is 20.3 Å². The number of halogens is 1. The van der Waals surface area contributed by atoms with Crippen LogP contribution >= 0.6 is 15.9 Å². The molecule has 0 aliphatic rings. The van der Waals surface area contributed by atoms with Crippen LogP contribution in [0.2, 0.25) is 0 Å². The third-order valence-electron chi connectivity index (χ3n) is 2.93. The van der Waals surface area contributed by atoms with Crippen molar-refractivity contribution >= 4 is 21.7 Å². The van der Waals surface area contributed by atoms with Crippen LogP contribution in [0.3, 0.4) is 0 Å². The lowest BCUT2D eigenvalue weighted by Crippen LogP contribution is -2.01. The van der Waals surface area contributed by atoms with Gasteiger partial charge in [0.15, 0.2) is 5.78 Å². The SMILES string of the molecule is CCc1ccc(C(=O)c2cc(C)cc(Br)c2)cc1. The van der Waals surface area contributed by atoms with Gasteiger partial charge in [-0.3, -0.25) is 4.79 Å². The molecule has 0 amide bonds. The van der Waals surface area contributed by atoms with E-state index in [1.807, 2.05) is 49.4 Å². The largest absolute Gasteiger partial charge is 0.289 e. The highest BCUT2D eigenvalue weighted by atomic mass is 79.9. The highest BCUT2D eigenvalue weighted by Gasteiger charge is 2.09. The Kier molecular flexibility index (Phi) is 3.97. The van der Waals surface area contributed by atoms with Crippen LogP contribution in [0.25, 0.3) is 0 Å². The maximum absolute atomic E-state index is 12.3. The fourth-order valence-corrected chi connectivity index (χ4v) is 2.53. The lowest BCUT2D eigenvalue weighted by molar-refractivity contribution is 0.103. The highest BCUT2D eigenvalue weighted by molar-refractivity contribution is 9.10. The summed E-state index contributed by atoms with van der Waals surface area (Å²) in [5.74, 6) is 0.0713. The van der Waals surface area contributed by atoms with E-state index in [-0.39, 0.29) is 5.78 Å². The van der Waals surface area contributed by atoms with Gasteiger partial charge in [0.2, 0.25) is 0 Å². The van der Waals surface area contributed by atoms with Gasteiger partial charge in [0, 0.05) is 15.6 Å². The molecule has 0 atom stereocenters. The molecule has 0 spiro atoms. The van der Waals surface area contributed by atoms with Crippen LogP contribution in [0.1, 0.15) is 34.0 Å². The number of hydrogen-bond acceptors (Lipinski definition) is 1. The van der Waals surface area contributed by atoms with Crippen LogP contribution in [0.15, 0.2) is 46.9 Å². The zero-order chi connectivity index (χ0) is 13.1. The predicted molar refractivity (Wildman–Crippen MR) is 78.1 cm³/mol. The van der Waals surface area contributed by atoms with E-state index in [1.54, 1.807) is 0 Å². The number of carbonyl (C=O) groups is 1. The molecule has 0 aliphatic heterocycles. The minimum atomic E-state index is 0.0713. The fourth-order valence-electron chi connectivity index (χ4n) is 1.93. The third-order valence-corrected chi connectivity index (χ3v) is 3.39. The molecule has 0 fully saturated rings. The molecule has 0 aliphatic carbocycles. The summed E-state index contributed by atoms with van der Waals surface area (Å²) in [4.78, 5) is 12.3. The smallest absolute Gasteiger partial charge is 0.193 e. The molecule has 0 aromatic heterocycles. The van der Waals surface area contributed by atoms with Crippen molar-refractivity contribution in [3.63, 3.8) is 0 Å². The Balaban J connectivity index is 2.34. The van der Waals surface area contributed by atoms with E-state index < -0.39 is 0 Å². The third kappa shape index (κ3) is 2.88. The van der Waals surface area contributed by atoms with Crippen LogP contribution in [0.4, 0.5) is 0 Å². The van der Waals surface area contributed by atoms with Gasteiger partial charge in [-0.2, -0.15) is 0 Å². The standard InChI is InChI=1S/C16H15BrO/c1-3-12-4-6-13(7-5-12)16(18)14-8-11(2)9-15(17)10-14/h4-10H,3H2,1-2H3. The van der Waals surface area contributed by atoms with Gasteiger partial charge >= 0.3 is 0 Å². The Morgan fingerprint density at radius 2 is 1.72 bits per heavy atom. The Morgan fingerprint density at radius 1 is 1.06 bits per heavy atom. The molecule has 0 bridgehead atoms. The van der Waals surface area contributed by atoms with Gasteiger partial charge in [-0.05, 0) is 42.7 Å². The minimum Gasteiger partial charge on any atom is -0.289 e. The second-order valence-electron chi connectivity index (χ2n) is 4.40. The average molecular weight is 303 g/mol. The van der Waals surface area contributed by atoms with Gasteiger partial charge in [0.1, 0.15) is 0 Å². The molecule has 1 nitrogen and oxygen atoms in total. The van der Waals surface area contributed by atoms with Gasteiger partial charge in [-0.15, -0.1) is 0 Å². The molecule has 2 rings (SSSR count). The zero-order valence-corrected chi connectivity index (χ0v) is 12.1. The summed E-state index contributed by atoms with van der Waals surface area (Å²) >= 11 is 3.42. The van der Waals surface area contributed by atoms with Gasteiger partial charge in [-0.1, -0.05) is 47.1 Å². The van der Waals surface area contributed by atoms with Gasteiger partial charge < -0.3 is 0 Å². The quantitative estimate of drug-likeness (QED) is 0.760. The summed E-state index contributed by atoms with van der Waals surface area (Å²) in [5, 5.41) is 0. The summed E-state index contributed by atoms with van der Waals surface area (Å²) < 4.78 is 0.941. The molecule has 2 heteroatoms. The summed E-state index contributed by atoms with van der Waals surface area (Å²) in [6.07, 6.45) is 0.991. The van der Waals surface area contributed by atoms with Gasteiger partial charge in [0.25, 0.3) is 0 Å². The number of benzene rings is 2. The van der Waals surface area contributed by atoms with Crippen LogP contribution in [0, 0.1) is 6.92 Å². The Hall–Kier alpha value is -1.41. The van der Waals surface area contributed by atoms with Crippen LogP contribution < -0.4 is 0 Å². The van der Waals surface area contributed by atoms with Crippen molar-refractivity contribution in [3.8, 4) is 0 Å². The Morgan fingerprint density at radius 3 is 2.28 bits per heavy atom. The molecule has 18 heavy (non-hydrogen) atoms. The Labute approximate surface area is 116 Å². The molecule has 92 valence electrons. The zero-order valence-electron chi connectivity index (χ0n) is 10.5. The molecule has 0 heterocycles. The topological polar surface area (TPSA) is 17.1 Å². The number of rotatable bonds is 3. The summed E-state index contributed by atoms with van der Waals surface area (Å²) in [7, 11) is 0. The summed E-state index contributed by atoms with van der Waals surface area (Å²) in [6.45, 7) is 4.09. The van der Waals surface area contributed by atoms with E-state index in [0.29, 0.717) is 0 Å². The maximum Gasteiger partial charge on any atom is 0.193 e. The van der Waals surface area contributed by atoms with Crippen LogP contribution in [-0.2, 0) is 6.42 Å². The first-order valence-electron chi connectivity index (χ1n) is 6.01. The highest BCUT2D eigenvalue weighted by Crippen LogP contribution is 2.18. The number of aryl methyl sites for hydroxylation is 2. The lowest BCUT2D eigenvalue weighted by Gasteiger charge is -2.04. The van der Waals surface area contributed by atoms with E-state index >= 15 is 0 Å². The van der Waals surface area contributed by atoms with Gasteiger partial charge in [0.05, 0.1) is 0 Å². The van der Waals surface area contributed by atoms with Crippen LogP contribution in [0.5, 0.6) is 0 Å². The molecule has 2 aromatic rings. The van der Waals surface area contributed by atoms with Crippen molar-refractivity contribution in [1.29, 1.82) is 0 Å². The molecule has 2 aromatic carbocycles. The van der Waals surface area contributed by atoms with E-state index in [4.69, 9.17) is 0 Å². The van der Waals surface area contributed by atoms with E-state index in [0.717, 1.165) is 27.6 Å². The van der Waals surface area contributed by atoms with Crippen molar-refractivity contribution in [2.75, 3.05) is 0 Å². The van der Waals surface area contributed by atoms with Crippen molar-refractivity contribution in [2.24, 2.45) is 0 Å². The molecule has 0 saturated carbocycles. The summed E-state index contributed by atoms with van der Waals surface area (Å²) in [5.41, 5.74) is 3.80. The lowest BCUT2D eigenvalue weighted by atomic mass is 10.0. The first kappa shape index (κ1) is 13.0. The fraction of sp³-hybridized carbons (Fsp3) is 0.188. The molecular weight excluding hydrogens is 288 g/mol. The second-order valence-corrected chi connectivity index (χ2v) is 5.31. The van der Waals surface area contributed by atoms with Crippen molar-refractivity contribution in [3.05, 3.63) is 69.2 Å².